The van der Waals surface area contributed by atoms with Crippen LogP contribution in [0.5, 0.6) is 0 Å². The zero-order valence-electron chi connectivity index (χ0n) is 16.4. The molecule has 160 valence electrons. The predicted molar refractivity (Wildman–Crippen MR) is 106 cm³/mol. The van der Waals surface area contributed by atoms with Crippen LogP contribution < -0.4 is 5.43 Å². The number of alkyl halides is 3. The first-order valence-corrected chi connectivity index (χ1v) is 10.6. The van der Waals surface area contributed by atoms with E-state index in [9.17, 15) is 21.6 Å². The van der Waals surface area contributed by atoms with E-state index in [0.29, 0.717) is 18.4 Å². The Labute approximate surface area is 170 Å². The highest BCUT2D eigenvalue weighted by Crippen LogP contribution is 2.32. The molecule has 0 unspecified atom stereocenters. The normalized spacial score (nSPS) is 12.7. The maximum absolute atomic E-state index is 13.0. The van der Waals surface area contributed by atoms with Crippen LogP contribution in [0.3, 0.4) is 0 Å². The summed E-state index contributed by atoms with van der Waals surface area (Å²) in [5.74, 6) is -0.0880. The Hall–Kier alpha value is -3.02. The maximum atomic E-state index is 13.0. The van der Waals surface area contributed by atoms with Crippen LogP contribution in [-0.2, 0) is 23.1 Å². The molecule has 0 saturated heterocycles. The fourth-order valence-corrected chi connectivity index (χ4v) is 3.76. The molecule has 30 heavy (non-hydrogen) atoms. The zero-order chi connectivity index (χ0) is 22.1. The molecule has 3 rings (SSSR count). The van der Waals surface area contributed by atoms with Gasteiger partial charge >= 0.3 is 6.18 Å². The minimum atomic E-state index is -4.57. The molecule has 3 heterocycles. The van der Waals surface area contributed by atoms with Crippen LogP contribution in [0.2, 0.25) is 0 Å². The number of nitrogens with zero attached hydrogens (tertiary/aromatic N) is 5. The van der Waals surface area contributed by atoms with E-state index in [1.807, 2.05) is 6.92 Å². The monoisotopic (exact) mass is 440 g/mol. The van der Waals surface area contributed by atoms with Gasteiger partial charge in [0.25, 0.3) is 0 Å². The molecule has 0 amide bonds. The quantitative estimate of drug-likeness (QED) is 0.467. The summed E-state index contributed by atoms with van der Waals surface area (Å²) in [6.07, 6.45) is -2.45. The van der Waals surface area contributed by atoms with Gasteiger partial charge < -0.3 is 9.99 Å². The highest BCUT2D eigenvalue weighted by Gasteiger charge is 2.32. The van der Waals surface area contributed by atoms with E-state index < -0.39 is 21.6 Å². The predicted octanol–water partition coefficient (Wildman–Crippen LogP) is 2.79. The van der Waals surface area contributed by atoms with E-state index in [0.717, 1.165) is 6.07 Å². The van der Waals surface area contributed by atoms with Gasteiger partial charge in [0.1, 0.15) is 11.2 Å². The Bertz CT molecular complexity index is 1220. The molecule has 0 radical (unpaired) electrons. The topological polar surface area (TPSA) is 102 Å². The Morgan fingerprint density at radius 1 is 1.23 bits per heavy atom. The summed E-state index contributed by atoms with van der Waals surface area (Å²) >= 11 is 0. The molecule has 0 saturated carbocycles. The van der Waals surface area contributed by atoms with Crippen molar-refractivity contribution in [3.63, 3.8) is 0 Å². The van der Waals surface area contributed by atoms with Gasteiger partial charge in [0.15, 0.2) is 21.3 Å². The molecule has 0 bridgehead atoms. The number of fused-ring (bicyclic) bond motifs is 1. The maximum Gasteiger partial charge on any atom is 0.417 e. The highest BCUT2D eigenvalue weighted by atomic mass is 32.2. The average Bonchev–Trinajstić information content (AvgIpc) is 3.03. The number of aromatic nitrogens is 4. The summed E-state index contributed by atoms with van der Waals surface area (Å²) in [7, 11) is -2.14. The van der Waals surface area contributed by atoms with Crippen molar-refractivity contribution in [1.29, 1.82) is 0 Å². The number of sulfone groups is 1. The second-order valence-corrected chi connectivity index (χ2v) is 8.56. The number of halogens is 3. The van der Waals surface area contributed by atoms with Crippen LogP contribution in [0.4, 0.5) is 13.2 Å². The molecule has 0 atom stereocenters. The number of imidazole rings is 1. The molecule has 0 fully saturated rings. The van der Waals surface area contributed by atoms with E-state index in [1.165, 1.54) is 36.9 Å². The van der Waals surface area contributed by atoms with Crippen LogP contribution in [-0.4, -0.2) is 46.4 Å². The Morgan fingerprint density at radius 3 is 2.60 bits per heavy atom. The van der Waals surface area contributed by atoms with E-state index in [-0.39, 0.29) is 33.3 Å². The van der Waals surface area contributed by atoms with Crippen molar-refractivity contribution in [2.75, 3.05) is 12.3 Å². The third-order valence-electron chi connectivity index (χ3n) is 4.29. The van der Waals surface area contributed by atoms with Gasteiger partial charge in [-0.15, -0.1) is 0 Å². The molecule has 12 heteroatoms. The van der Waals surface area contributed by atoms with Crippen molar-refractivity contribution < 1.29 is 21.6 Å². The van der Waals surface area contributed by atoms with Crippen molar-refractivity contribution in [2.24, 2.45) is 12.1 Å². The second kappa shape index (κ2) is 8.01. The van der Waals surface area contributed by atoms with Crippen LogP contribution >= 0.6 is 0 Å². The lowest BCUT2D eigenvalue weighted by molar-refractivity contribution is -0.137. The second-order valence-electron chi connectivity index (χ2n) is 6.32. The van der Waals surface area contributed by atoms with Gasteiger partial charge in [-0.2, -0.15) is 18.3 Å². The number of rotatable bonds is 6. The molecule has 0 aromatic carbocycles. The average molecular weight is 440 g/mol. The molecule has 3 aromatic heterocycles. The number of aryl methyl sites for hydroxylation is 1. The van der Waals surface area contributed by atoms with Gasteiger partial charge in [-0.3, -0.25) is 0 Å². The lowest BCUT2D eigenvalue weighted by Crippen LogP contribution is -2.10. The van der Waals surface area contributed by atoms with Crippen molar-refractivity contribution in [1.82, 2.24) is 24.9 Å². The summed E-state index contributed by atoms with van der Waals surface area (Å²) < 4.78 is 65.7. The van der Waals surface area contributed by atoms with Gasteiger partial charge in [-0.25, -0.2) is 23.4 Å². The number of nitrogens with one attached hydrogen (secondary N) is 1. The summed E-state index contributed by atoms with van der Waals surface area (Å²) in [6, 6.07) is 3.76. The van der Waals surface area contributed by atoms with E-state index in [2.05, 4.69) is 25.5 Å². The lowest BCUT2D eigenvalue weighted by atomic mass is 10.2. The minimum absolute atomic E-state index is 0.0179. The van der Waals surface area contributed by atoms with Crippen molar-refractivity contribution >= 4 is 27.2 Å². The molecule has 0 aliphatic heterocycles. The number of hydrogen-bond acceptors (Lipinski definition) is 7. The van der Waals surface area contributed by atoms with Gasteiger partial charge in [0.2, 0.25) is 0 Å². The van der Waals surface area contributed by atoms with Crippen LogP contribution in [0.15, 0.2) is 34.4 Å². The van der Waals surface area contributed by atoms with Gasteiger partial charge in [0.05, 0.1) is 28.1 Å². The first-order chi connectivity index (χ1) is 14.1. The van der Waals surface area contributed by atoms with Crippen molar-refractivity contribution in [3.05, 3.63) is 35.7 Å². The molecular weight excluding hydrogens is 421 g/mol. The van der Waals surface area contributed by atoms with E-state index >= 15 is 0 Å². The Balaban J connectivity index is 2.25. The van der Waals surface area contributed by atoms with E-state index in [4.69, 9.17) is 0 Å². The zero-order valence-corrected chi connectivity index (χ0v) is 17.2. The van der Waals surface area contributed by atoms with Crippen LogP contribution in [0.25, 0.3) is 22.7 Å². The Morgan fingerprint density at radius 2 is 1.97 bits per heavy atom. The molecule has 0 aliphatic carbocycles. The van der Waals surface area contributed by atoms with Gasteiger partial charge in [0, 0.05) is 19.8 Å². The summed E-state index contributed by atoms with van der Waals surface area (Å²) in [5.41, 5.74) is 2.33. The largest absolute Gasteiger partial charge is 0.417 e. The van der Waals surface area contributed by atoms with Gasteiger partial charge in [-0.1, -0.05) is 6.92 Å². The van der Waals surface area contributed by atoms with Crippen molar-refractivity contribution in [2.45, 2.75) is 24.9 Å². The lowest BCUT2D eigenvalue weighted by Gasteiger charge is -2.09. The number of hydrogen-bond donors (Lipinski definition) is 1. The highest BCUT2D eigenvalue weighted by molar-refractivity contribution is 7.91. The third-order valence-corrected chi connectivity index (χ3v) is 6.05. The SMILES string of the molecule is CCN/N=C/c1ccc(S(=O)(=O)CC)c(-c2nc3cc(C(F)(F)F)cnc3n2C)n1. The minimum Gasteiger partial charge on any atom is -0.310 e. The molecule has 0 aliphatic rings. The Kier molecular flexibility index (Phi) is 5.79. The van der Waals surface area contributed by atoms with E-state index in [1.54, 1.807) is 0 Å². The van der Waals surface area contributed by atoms with Crippen molar-refractivity contribution in [3.8, 4) is 11.5 Å². The van der Waals surface area contributed by atoms with Crippen LogP contribution in [0, 0.1) is 0 Å². The first-order valence-electron chi connectivity index (χ1n) is 8.98. The molecule has 1 N–H and O–H groups in total. The molecule has 0 spiro atoms. The molecule has 8 nitrogen and oxygen atoms in total. The molecular formula is C18H19F3N6O2S. The summed E-state index contributed by atoms with van der Waals surface area (Å²) in [6.45, 7) is 3.93. The molecule has 3 aromatic rings. The summed E-state index contributed by atoms with van der Waals surface area (Å²) in [4.78, 5) is 12.4. The fourth-order valence-electron chi connectivity index (χ4n) is 2.75. The van der Waals surface area contributed by atoms with Crippen LogP contribution in [0.1, 0.15) is 25.1 Å². The fraction of sp³-hybridized carbons (Fsp3) is 0.333. The summed E-state index contributed by atoms with van der Waals surface area (Å²) in [5, 5.41) is 3.96. The number of hydrazone groups is 1. The number of pyridine rings is 2. The third kappa shape index (κ3) is 4.13. The smallest absolute Gasteiger partial charge is 0.310 e. The van der Waals surface area contributed by atoms with Gasteiger partial charge in [-0.05, 0) is 25.1 Å². The standard InChI is InChI=1S/C18H19F3N6O2S/c1-4-23-24-10-12-6-7-14(30(28,29)5-2)15(25-12)17-26-13-8-11(18(19,20)21)9-22-16(13)27(17)3/h6-10,23H,4-5H2,1-3H3/b24-10+. The first kappa shape index (κ1) is 21.7.